The number of hydrogen-bond donors (Lipinski definition) is 3. The molecule has 0 atom stereocenters. The van der Waals surface area contributed by atoms with Crippen LogP contribution in [0.25, 0.3) is 0 Å². The molecule has 15 heteroatoms. The van der Waals surface area contributed by atoms with Gasteiger partial charge in [-0.05, 0) is 6.92 Å². The van der Waals surface area contributed by atoms with Gasteiger partial charge in [0.2, 0.25) is 16.7 Å². The number of rotatable bonds is 7. The van der Waals surface area contributed by atoms with Crippen LogP contribution in [-0.2, 0) is 28.5 Å². The Hall–Kier alpha value is -1.60. The van der Waals surface area contributed by atoms with Gasteiger partial charge >= 0.3 is 23.8 Å². The van der Waals surface area contributed by atoms with E-state index < -0.39 is 35.4 Å². The van der Waals surface area contributed by atoms with E-state index in [-0.39, 0.29) is 11.7 Å². The molecule has 0 amide bonds. The van der Waals surface area contributed by atoms with Gasteiger partial charge in [-0.2, -0.15) is 17.8 Å². The van der Waals surface area contributed by atoms with E-state index >= 15 is 0 Å². The summed E-state index contributed by atoms with van der Waals surface area (Å²) in [7, 11) is -8.71. The summed E-state index contributed by atoms with van der Waals surface area (Å²) in [6, 6.07) is 0. The van der Waals surface area contributed by atoms with E-state index in [1.54, 1.807) is 12.0 Å². The Labute approximate surface area is 128 Å². The largest absolute Gasteiger partial charge is 0.429 e. The van der Waals surface area contributed by atoms with Crippen molar-refractivity contribution in [3.8, 4) is 0 Å². The molecule has 0 spiro atoms. The second-order valence-corrected chi connectivity index (χ2v) is 7.15. The Morgan fingerprint density at radius 1 is 1.50 bits per heavy atom. The molecule has 0 saturated carbocycles. The highest BCUT2D eigenvalue weighted by Crippen LogP contribution is 2.35. The molecule has 12 nitrogen and oxygen atoms in total. The van der Waals surface area contributed by atoms with E-state index in [1.807, 2.05) is 0 Å². The number of oxime groups is 1. The van der Waals surface area contributed by atoms with E-state index in [2.05, 4.69) is 23.5 Å². The van der Waals surface area contributed by atoms with Crippen molar-refractivity contribution in [2.24, 2.45) is 5.16 Å². The molecule has 1 aromatic heterocycles. The first kappa shape index (κ1) is 18.4. The quantitative estimate of drug-likeness (QED) is 0.237. The maximum absolute atomic E-state index is 11.7. The molecule has 0 aliphatic rings. The van der Waals surface area contributed by atoms with E-state index in [9.17, 15) is 17.8 Å². The fourth-order valence-electron chi connectivity index (χ4n) is 0.965. The third-order valence-electron chi connectivity index (χ3n) is 1.58. The van der Waals surface area contributed by atoms with Crippen LogP contribution in [0.3, 0.4) is 0 Å². The summed E-state index contributed by atoms with van der Waals surface area (Å²) in [5.74, 6) is -1.81. The Balaban J connectivity index is 3.08. The summed E-state index contributed by atoms with van der Waals surface area (Å²) in [5.41, 5.74) is -0.665. The Morgan fingerprint density at radius 2 is 2.14 bits per heavy atom. The minimum atomic E-state index is -4.61. The third kappa shape index (κ3) is 6.44. The number of hydrogen-bond acceptors (Lipinski definition) is 10. The lowest BCUT2D eigenvalue weighted by molar-refractivity contribution is -0.126. The first-order valence-electron chi connectivity index (χ1n) is 5.33. The predicted molar refractivity (Wildman–Crippen MR) is 74.7 cm³/mol. The number of anilines is 1. The van der Waals surface area contributed by atoms with Crippen molar-refractivity contribution in [2.75, 3.05) is 17.9 Å². The molecule has 0 unspecified atom stereocenters. The van der Waals surface area contributed by atoms with Crippen molar-refractivity contribution in [1.82, 2.24) is 9.36 Å². The summed E-state index contributed by atoms with van der Waals surface area (Å²) in [6.07, 6.45) is 0.651. The van der Waals surface area contributed by atoms with Crippen LogP contribution in [0.1, 0.15) is 12.7 Å². The number of aromatic nitrogens is 2. The molecule has 1 heterocycles. The highest BCUT2D eigenvalue weighted by molar-refractivity contribution is 7.86. The van der Waals surface area contributed by atoms with Crippen molar-refractivity contribution in [3.05, 3.63) is 5.82 Å². The number of nitrogens with zero attached hydrogens (tertiary/aromatic N) is 3. The highest BCUT2D eigenvalue weighted by atomic mass is 32.2. The molecule has 3 N–H and O–H groups in total. The molecule has 0 fully saturated rings. The zero-order chi connectivity index (χ0) is 17.0. The van der Waals surface area contributed by atoms with Crippen LogP contribution < -0.4 is 5.09 Å². The van der Waals surface area contributed by atoms with Gasteiger partial charge in [0.1, 0.15) is 6.61 Å². The molecule has 0 aliphatic carbocycles. The molecule has 0 aliphatic heterocycles. The second-order valence-electron chi connectivity index (χ2n) is 3.51. The fraction of sp³-hybridized carbons (Fsp3) is 0.429. The van der Waals surface area contributed by atoms with Crippen molar-refractivity contribution >= 4 is 46.2 Å². The van der Waals surface area contributed by atoms with Crippen molar-refractivity contribution in [2.45, 2.75) is 6.92 Å². The summed E-state index contributed by atoms with van der Waals surface area (Å²) < 4.78 is 40.4. The van der Waals surface area contributed by atoms with Gasteiger partial charge in [0, 0.05) is 11.5 Å². The van der Waals surface area contributed by atoms with Crippen molar-refractivity contribution in [1.29, 1.82) is 0 Å². The average molecular weight is 374 g/mol. The monoisotopic (exact) mass is 374 g/mol. The first-order chi connectivity index (χ1) is 10.0. The van der Waals surface area contributed by atoms with Crippen LogP contribution in [0, 0.1) is 0 Å². The zero-order valence-electron chi connectivity index (χ0n) is 11.2. The molecule has 1 rings (SSSR count). The Kier molecular flexibility index (Phi) is 5.96. The zero-order valence-corrected chi connectivity index (χ0v) is 13.7. The van der Waals surface area contributed by atoms with Crippen LogP contribution in [0.15, 0.2) is 5.16 Å². The van der Waals surface area contributed by atoms with Gasteiger partial charge in [0.05, 0.1) is 6.26 Å². The van der Waals surface area contributed by atoms with Crippen LogP contribution in [0.2, 0.25) is 0 Å². The molecule has 22 heavy (non-hydrogen) atoms. The van der Waals surface area contributed by atoms with Crippen LogP contribution >= 0.6 is 19.3 Å². The van der Waals surface area contributed by atoms with Crippen LogP contribution in [0.4, 0.5) is 5.13 Å². The summed E-state index contributed by atoms with van der Waals surface area (Å²) in [5, 5.41) is 4.78. The van der Waals surface area contributed by atoms with E-state index in [1.165, 1.54) is 0 Å². The first-order valence-corrected chi connectivity index (χ1v) is 9.53. The molecule has 124 valence electrons. The number of carbonyl (C=O) groups is 1. The smallest absolute Gasteiger partial charge is 0.395 e. The van der Waals surface area contributed by atoms with E-state index in [0.29, 0.717) is 17.8 Å². The van der Waals surface area contributed by atoms with E-state index in [0.717, 1.165) is 0 Å². The van der Waals surface area contributed by atoms with E-state index in [4.69, 9.17) is 9.79 Å². The fourth-order valence-corrected chi connectivity index (χ4v) is 2.57. The maximum atomic E-state index is 11.7. The SMILES string of the molecule is CCO/N=C(\C(=O)OS(C)(=O)=O)c1nsc(NP(=O)(O)O)n1. The van der Waals surface area contributed by atoms with Crippen LogP contribution in [0.5, 0.6) is 0 Å². The number of carbonyl (C=O) groups excluding carboxylic acids is 1. The van der Waals surface area contributed by atoms with Crippen molar-refractivity contribution in [3.63, 3.8) is 0 Å². The van der Waals surface area contributed by atoms with Gasteiger partial charge in [0.15, 0.2) is 0 Å². The minimum Gasteiger partial charge on any atom is -0.395 e. The standard InChI is InChI=1S/C7H11N4O8PS2/c1-3-18-9-4(6(12)19-22(2,16)17)5-8-7(21-11-5)10-20(13,14)15/h3H2,1-2H3,(H3,8,10,11,13,14,15)/b9-4-. The molecular weight excluding hydrogens is 363 g/mol. The minimum absolute atomic E-state index is 0.0629. The van der Waals surface area contributed by atoms with Gasteiger partial charge in [0.25, 0.3) is 0 Å². The Bertz CT molecular complexity index is 723. The van der Waals surface area contributed by atoms with Gasteiger partial charge < -0.3 is 18.8 Å². The lowest BCUT2D eigenvalue weighted by Crippen LogP contribution is -2.23. The van der Waals surface area contributed by atoms with Gasteiger partial charge in [-0.3, -0.25) is 5.09 Å². The Morgan fingerprint density at radius 3 is 2.64 bits per heavy atom. The number of nitrogens with one attached hydrogen (secondary N) is 1. The maximum Gasteiger partial charge on any atom is 0.429 e. The third-order valence-corrected chi connectivity index (χ3v) is 3.32. The molecule has 0 aromatic carbocycles. The molecule has 0 bridgehead atoms. The predicted octanol–water partition coefficient (Wildman–Crippen LogP) is -0.714. The molecule has 1 aromatic rings. The summed E-state index contributed by atoms with van der Waals surface area (Å²) in [4.78, 5) is 37.4. The molecule has 0 saturated heterocycles. The molecule has 0 radical (unpaired) electrons. The molecular formula is C7H11N4O8PS2. The van der Waals surface area contributed by atoms with Crippen molar-refractivity contribution < 1.29 is 36.6 Å². The van der Waals surface area contributed by atoms with Gasteiger partial charge in [-0.1, -0.05) is 5.16 Å². The second kappa shape index (κ2) is 7.11. The topological polar surface area (TPSA) is 177 Å². The lowest BCUT2D eigenvalue weighted by Gasteiger charge is -2.03. The lowest BCUT2D eigenvalue weighted by atomic mass is 10.4. The van der Waals surface area contributed by atoms with Gasteiger partial charge in [-0.25, -0.2) is 9.36 Å². The van der Waals surface area contributed by atoms with Gasteiger partial charge in [-0.15, -0.1) is 0 Å². The van der Waals surface area contributed by atoms with Crippen LogP contribution in [-0.4, -0.2) is 52.1 Å². The highest BCUT2D eigenvalue weighted by Gasteiger charge is 2.26. The average Bonchev–Trinajstić information content (AvgIpc) is 2.73. The normalized spacial score (nSPS) is 12.8. The summed E-state index contributed by atoms with van der Waals surface area (Å²) in [6.45, 7) is 1.62. The summed E-state index contributed by atoms with van der Waals surface area (Å²) >= 11 is 0.516.